The minimum Gasteiger partial charge on any atom is -0.465 e. The summed E-state index contributed by atoms with van der Waals surface area (Å²) < 4.78 is 4.97. The van der Waals surface area contributed by atoms with E-state index in [0.29, 0.717) is 10.6 Å². The smallest absolute Gasteiger partial charge is 0.341 e. The Hall–Kier alpha value is -2.99. The van der Waals surface area contributed by atoms with E-state index >= 15 is 0 Å². The summed E-state index contributed by atoms with van der Waals surface area (Å²) in [5.41, 5.74) is 6.53. The van der Waals surface area contributed by atoms with Crippen LogP contribution < -0.4 is 4.90 Å². The zero-order valence-corrected chi connectivity index (χ0v) is 17.7. The number of hydrogen-bond donors (Lipinski definition) is 0. The third-order valence-corrected chi connectivity index (χ3v) is 6.82. The number of carbonyl (C=O) groups excluding carboxylic acids is 1. The highest BCUT2D eigenvalue weighted by atomic mass is 32.1. The molecule has 0 N–H and O–H groups in total. The van der Waals surface area contributed by atoms with Gasteiger partial charge in [-0.25, -0.2) is 4.79 Å². The van der Waals surface area contributed by atoms with Gasteiger partial charge in [0.05, 0.1) is 18.4 Å². The van der Waals surface area contributed by atoms with Crippen molar-refractivity contribution in [3.8, 4) is 10.4 Å². The molecule has 5 nitrogen and oxygen atoms in total. The molecule has 0 saturated carbocycles. The summed E-state index contributed by atoms with van der Waals surface area (Å²) in [5.74, 6) is -0.390. The summed E-state index contributed by atoms with van der Waals surface area (Å²) >= 11 is 1.46. The highest BCUT2D eigenvalue weighted by molar-refractivity contribution is 7.19. The van der Waals surface area contributed by atoms with E-state index in [1.165, 1.54) is 48.1 Å². The van der Waals surface area contributed by atoms with Gasteiger partial charge in [0.25, 0.3) is 0 Å². The molecule has 152 valence electrons. The van der Waals surface area contributed by atoms with E-state index < -0.39 is 5.97 Å². The summed E-state index contributed by atoms with van der Waals surface area (Å²) in [4.78, 5) is 15.8. The first-order chi connectivity index (χ1) is 14.7. The van der Waals surface area contributed by atoms with E-state index in [9.17, 15) is 4.79 Å². The van der Waals surface area contributed by atoms with Crippen LogP contribution >= 0.6 is 11.3 Å². The van der Waals surface area contributed by atoms with Crippen molar-refractivity contribution in [2.45, 2.75) is 25.7 Å². The van der Waals surface area contributed by atoms with Crippen molar-refractivity contribution in [1.29, 1.82) is 0 Å². The molecule has 0 bridgehead atoms. The lowest BCUT2D eigenvalue weighted by atomic mass is 9.91. The Morgan fingerprint density at radius 2 is 1.70 bits per heavy atom. The number of benzene rings is 2. The van der Waals surface area contributed by atoms with Crippen LogP contribution in [-0.4, -0.2) is 26.2 Å². The molecule has 0 unspecified atom stereocenters. The van der Waals surface area contributed by atoms with E-state index in [1.54, 1.807) is 0 Å². The van der Waals surface area contributed by atoms with Gasteiger partial charge in [-0.3, -0.25) is 0 Å². The molecular formula is C24H23N3O2S. The van der Waals surface area contributed by atoms with Crippen LogP contribution in [0.15, 0.2) is 58.8 Å². The van der Waals surface area contributed by atoms with E-state index in [-0.39, 0.29) is 0 Å². The summed E-state index contributed by atoms with van der Waals surface area (Å²) in [5, 5.41) is 9.60. The maximum atomic E-state index is 12.3. The van der Waals surface area contributed by atoms with Gasteiger partial charge in [0.15, 0.2) is 5.00 Å². The standard InChI is InChI=1S/C24H23N3O2S/c1-29-24(28)20-15-21(16-7-3-2-4-8-16)30-23(20)26-25-19-13-17-9-5-11-27-12-6-10-18(14-19)22(17)27/h2-4,7-8,13-15H,5-6,9-12H2,1H3. The number of aryl methyl sites for hydroxylation is 2. The van der Waals surface area contributed by atoms with Crippen molar-refractivity contribution in [2.75, 3.05) is 25.1 Å². The van der Waals surface area contributed by atoms with E-state index in [0.717, 1.165) is 42.1 Å². The number of esters is 1. The predicted octanol–water partition coefficient (Wildman–Crippen LogP) is 6.32. The fraction of sp³-hybridized carbons (Fsp3) is 0.292. The Labute approximate surface area is 180 Å². The minimum absolute atomic E-state index is 0.390. The predicted molar refractivity (Wildman–Crippen MR) is 121 cm³/mol. The number of carbonyl (C=O) groups is 1. The number of rotatable bonds is 4. The Bertz CT molecular complexity index is 1090. The van der Waals surface area contributed by atoms with Crippen molar-refractivity contribution < 1.29 is 9.53 Å². The molecule has 0 atom stereocenters. The third-order valence-electron chi connectivity index (χ3n) is 5.75. The Morgan fingerprint density at radius 3 is 2.37 bits per heavy atom. The average molecular weight is 418 g/mol. The summed E-state index contributed by atoms with van der Waals surface area (Å²) in [6, 6.07) is 16.1. The maximum Gasteiger partial charge on any atom is 0.341 e. The molecule has 5 rings (SSSR count). The van der Waals surface area contributed by atoms with Crippen LogP contribution in [0.25, 0.3) is 10.4 Å². The fourth-order valence-corrected chi connectivity index (χ4v) is 5.38. The molecule has 1 aromatic heterocycles. The summed E-state index contributed by atoms with van der Waals surface area (Å²) in [7, 11) is 1.39. The molecule has 0 spiro atoms. The lowest BCUT2D eigenvalue weighted by molar-refractivity contribution is 0.0602. The topological polar surface area (TPSA) is 54.3 Å². The van der Waals surface area contributed by atoms with Gasteiger partial charge in [-0.15, -0.1) is 21.6 Å². The monoisotopic (exact) mass is 417 g/mol. The number of thiophene rings is 1. The molecule has 0 amide bonds. The molecular weight excluding hydrogens is 394 g/mol. The lowest BCUT2D eigenvalue weighted by Gasteiger charge is -2.36. The number of methoxy groups -OCH3 is 1. The van der Waals surface area contributed by atoms with Crippen LogP contribution in [0.3, 0.4) is 0 Å². The van der Waals surface area contributed by atoms with E-state index in [2.05, 4.69) is 27.3 Å². The first-order valence-corrected chi connectivity index (χ1v) is 11.1. The number of azo groups is 1. The molecule has 2 aromatic carbocycles. The van der Waals surface area contributed by atoms with Gasteiger partial charge in [-0.2, -0.15) is 0 Å². The largest absolute Gasteiger partial charge is 0.465 e. The molecule has 6 heteroatoms. The Morgan fingerprint density at radius 1 is 1.00 bits per heavy atom. The van der Waals surface area contributed by atoms with Gasteiger partial charge in [0.2, 0.25) is 0 Å². The zero-order chi connectivity index (χ0) is 20.5. The number of nitrogens with zero attached hydrogens (tertiary/aromatic N) is 3. The molecule has 30 heavy (non-hydrogen) atoms. The van der Waals surface area contributed by atoms with Gasteiger partial charge in [-0.05, 0) is 60.6 Å². The normalized spacial score (nSPS) is 15.3. The maximum absolute atomic E-state index is 12.3. The molecule has 0 saturated heterocycles. The van der Waals surface area contributed by atoms with Crippen LogP contribution in [0.2, 0.25) is 0 Å². The van der Waals surface area contributed by atoms with Crippen LogP contribution in [-0.2, 0) is 17.6 Å². The van der Waals surface area contributed by atoms with Gasteiger partial charge < -0.3 is 9.64 Å². The molecule has 0 aliphatic carbocycles. The average Bonchev–Trinajstić information content (AvgIpc) is 3.22. The molecule has 3 heterocycles. The van der Waals surface area contributed by atoms with E-state index in [1.807, 2.05) is 36.4 Å². The lowest BCUT2D eigenvalue weighted by Crippen LogP contribution is -2.34. The van der Waals surface area contributed by atoms with Crippen molar-refractivity contribution in [3.63, 3.8) is 0 Å². The van der Waals surface area contributed by atoms with Crippen molar-refractivity contribution in [3.05, 3.63) is 65.2 Å². The second-order valence-electron chi connectivity index (χ2n) is 7.69. The second kappa shape index (κ2) is 8.03. The minimum atomic E-state index is -0.390. The van der Waals surface area contributed by atoms with E-state index in [4.69, 9.17) is 4.74 Å². The summed E-state index contributed by atoms with van der Waals surface area (Å²) in [6.45, 7) is 2.31. The Balaban J connectivity index is 1.51. The zero-order valence-electron chi connectivity index (χ0n) is 16.9. The molecule has 2 aliphatic rings. The highest BCUT2D eigenvalue weighted by Gasteiger charge is 2.24. The quantitative estimate of drug-likeness (QED) is 0.369. The van der Waals surface area contributed by atoms with Gasteiger partial charge in [-0.1, -0.05) is 30.3 Å². The van der Waals surface area contributed by atoms with Gasteiger partial charge in [0, 0.05) is 23.7 Å². The van der Waals surface area contributed by atoms with Crippen LogP contribution in [0, 0.1) is 0 Å². The fourth-order valence-electron chi connectivity index (χ4n) is 4.40. The van der Waals surface area contributed by atoms with Gasteiger partial charge in [0.1, 0.15) is 0 Å². The SMILES string of the molecule is COC(=O)c1cc(-c2ccccc2)sc1N=Nc1cc2c3c(c1)CCCN3CCC2. The Kier molecular flexibility index (Phi) is 5.09. The molecule has 0 radical (unpaired) electrons. The third kappa shape index (κ3) is 3.52. The second-order valence-corrected chi connectivity index (χ2v) is 8.72. The van der Waals surface area contributed by atoms with Crippen molar-refractivity contribution >= 4 is 33.7 Å². The number of hydrogen-bond acceptors (Lipinski definition) is 6. The first-order valence-electron chi connectivity index (χ1n) is 10.3. The van der Waals surface area contributed by atoms with Gasteiger partial charge >= 0.3 is 5.97 Å². The molecule has 0 fully saturated rings. The van der Waals surface area contributed by atoms with Crippen molar-refractivity contribution in [1.82, 2.24) is 0 Å². The molecule has 2 aliphatic heterocycles. The number of ether oxygens (including phenoxy) is 1. The van der Waals surface area contributed by atoms with Crippen LogP contribution in [0.1, 0.15) is 34.3 Å². The van der Waals surface area contributed by atoms with Crippen LogP contribution in [0.4, 0.5) is 16.4 Å². The van der Waals surface area contributed by atoms with Crippen molar-refractivity contribution in [2.24, 2.45) is 10.2 Å². The van der Waals surface area contributed by atoms with Crippen LogP contribution in [0.5, 0.6) is 0 Å². The summed E-state index contributed by atoms with van der Waals surface area (Å²) in [6.07, 6.45) is 4.55. The first kappa shape index (κ1) is 19.0. The highest BCUT2D eigenvalue weighted by Crippen LogP contribution is 2.41. The number of anilines is 1. The molecule has 3 aromatic rings.